The van der Waals surface area contributed by atoms with Crippen molar-refractivity contribution in [3.63, 3.8) is 0 Å². The number of nitrogens with zero attached hydrogens (tertiary/aromatic N) is 1. The van der Waals surface area contributed by atoms with Crippen LogP contribution in [-0.4, -0.2) is 6.21 Å². The molecule has 17 heavy (non-hydrogen) atoms. The van der Waals surface area contributed by atoms with Gasteiger partial charge in [0.1, 0.15) is 12.8 Å². The Morgan fingerprint density at radius 3 is 2.94 bits per heavy atom. The standard InChI is InChI=1S/C14H15ClNO/c15-14-9-5-4-8-13(14)11-17-16-10-12-6-2-1-3-7-12/h4-6,8-9H,1-3,7,11H2. The van der Waals surface area contributed by atoms with Gasteiger partial charge in [-0.1, -0.05) is 41.0 Å². The molecule has 1 aliphatic rings. The van der Waals surface area contributed by atoms with E-state index in [9.17, 15) is 0 Å². The number of hydrogen-bond acceptors (Lipinski definition) is 2. The van der Waals surface area contributed by atoms with Gasteiger partial charge in [0.25, 0.3) is 0 Å². The molecule has 0 fully saturated rings. The Bertz CT molecular complexity index is 426. The van der Waals surface area contributed by atoms with Gasteiger partial charge in [0, 0.05) is 10.6 Å². The fourth-order valence-corrected chi connectivity index (χ4v) is 1.94. The summed E-state index contributed by atoms with van der Waals surface area (Å²) in [7, 11) is 0. The lowest BCUT2D eigenvalue weighted by molar-refractivity contribution is 0.132. The number of allylic oxidation sites excluding steroid dienone is 2. The zero-order valence-electron chi connectivity index (χ0n) is 9.66. The Kier molecular flexibility index (Phi) is 4.63. The number of hydrogen-bond donors (Lipinski definition) is 0. The summed E-state index contributed by atoms with van der Waals surface area (Å²) in [6.07, 6.45) is 9.78. The molecule has 0 saturated carbocycles. The Morgan fingerprint density at radius 1 is 1.29 bits per heavy atom. The molecule has 2 nitrogen and oxygen atoms in total. The number of halogens is 1. The average molecular weight is 249 g/mol. The molecule has 89 valence electrons. The smallest absolute Gasteiger partial charge is 0.143 e. The Labute approximate surface area is 107 Å². The first-order valence-electron chi connectivity index (χ1n) is 5.87. The lowest BCUT2D eigenvalue weighted by atomic mass is 10.0. The molecule has 0 aliphatic heterocycles. The van der Waals surface area contributed by atoms with E-state index < -0.39 is 0 Å². The van der Waals surface area contributed by atoms with Crippen LogP contribution in [0.2, 0.25) is 5.02 Å². The number of benzene rings is 1. The van der Waals surface area contributed by atoms with Gasteiger partial charge in [0.05, 0.1) is 0 Å². The van der Waals surface area contributed by atoms with Crippen molar-refractivity contribution in [3.8, 4) is 0 Å². The topological polar surface area (TPSA) is 21.6 Å². The molecular formula is C14H15ClNO. The van der Waals surface area contributed by atoms with Gasteiger partial charge in [-0.2, -0.15) is 0 Å². The quantitative estimate of drug-likeness (QED) is 0.578. The van der Waals surface area contributed by atoms with Gasteiger partial charge < -0.3 is 4.84 Å². The van der Waals surface area contributed by atoms with Crippen molar-refractivity contribution in [2.24, 2.45) is 5.16 Å². The molecule has 0 atom stereocenters. The Hall–Kier alpha value is -1.28. The van der Waals surface area contributed by atoms with Gasteiger partial charge >= 0.3 is 0 Å². The zero-order valence-corrected chi connectivity index (χ0v) is 10.4. The maximum atomic E-state index is 6.00. The minimum atomic E-state index is 0.389. The van der Waals surface area contributed by atoms with Crippen molar-refractivity contribution < 1.29 is 4.84 Å². The highest BCUT2D eigenvalue weighted by Crippen LogP contribution is 2.17. The summed E-state index contributed by atoms with van der Waals surface area (Å²) in [4.78, 5) is 5.19. The van der Waals surface area contributed by atoms with Gasteiger partial charge in [0.15, 0.2) is 0 Å². The van der Waals surface area contributed by atoms with Crippen LogP contribution in [0.15, 0.2) is 41.1 Å². The van der Waals surface area contributed by atoms with Gasteiger partial charge in [-0.15, -0.1) is 0 Å². The first-order valence-corrected chi connectivity index (χ1v) is 6.24. The molecular weight excluding hydrogens is 234 g/mol. The van der Waals surface area contributed by atoms with E-state index in [1.807, 2.05) is 24.3 Å². The van der Waals surface area contributed by atoms with E-state index in [1.54, 1.807) is 0 Å². The first-order chi connectivity index (χ1) is 8.36. The molecule has 0 aromatic heterocycles. The maximum Gasteiger partial charge on any atom is 0.143 e. The summed E-state index contributed by atoms with van der Waals surface area (Å²) < 4.78 is 0. The van der Waals surface area contributed by atoms with Crippen molar-refractivity contribution in [1.29, 1.82) is 0 Å². The maximum absolute atomic E-state index is 6.00. The molecule has 1 aliphatic carbocycles. The summed E-state index contributed by atoms with van der Waals surface area (Å²) in [5.74, 6) is 0. The highest BCUT2D eigenvalue weighted by molar-refractivity contribution is 6.31. The highest BCUT2D eigenvalue weighted by Gasteiger charge is 2.02. The van der Waals surface area contributed by atoms with E-state index in [2.05, 4.69) is 17.4 Å². The molecule has 0 spiro atoms. The van der Waals surface area contributed by atoms with Crippen molar-refractivity contribution in [2.75, 3.05) is 0 Å². The fourth-order valence-electron chi connectivity index (χ4n) is 1.75. The minimum absolute atomic E-state index is 0.389. The first kappa shape index (κ1) is 12.2. The van der Waals surface area contributed by atoms with Crippen LogP contribution < -0.4 is 0 Å². The third kappa shape index (κ3) is 3.90. The fraction of sp³-hybridized carbons (Fsp3) is 0.357. The third-order valence-electron chi connectivity index (χ3n) is 2.72. The SMILES string of the molecule is Clc1ccccc1CO/N=[C]\C1=CCCCC1. The molecule has 0 bridgehead atoms. The van der Waals surface area contributed by atoms with Crippen molar-refractivity contribution >= 4 is 17.8 Å². The number of rotatable bonds is 4. The van der Waals surface area contributed by atoms with E-state index in [-0.39, 0.29) is 0 Å². The summed E-state index contributed by atoms with van der Waals surface area (Å²) in [5, 5.41) is 4.56. The molecule has 3 heteroatoms. The molecule has 0 saturated heterocycles. The van der Waals surface area contributed by atoms with E-state index in [0.29, 0.717) is 11.6 Å². The van der Waals surface area contributed by atoms with Gasteiger partial charge in [-0.05, 0) is 37.3 Å². The van der Waals surface area contributed by atoms with Crippen LogP contribution in [-0.2, 0) is 11.4 Å². The molecule has 2 rings (SSSR count). The molecule has 1 aromatic rings. The van der Waals surface area contributed by atoms with Crippen molar-refractivity contribution in [1.82, 2.24) is 0 Å². The van der Waals surface area contributed by atoms with E-state index in [4.69, 9.17) is 16.4 Å². The normalized spacial score (nSPS) is 15.9. The molecule has 0 heterocycles. The molecule has 0 unspecified atom stereocenters. The van der Waals surface area contributed by atoms with Crippen LogP contribution in [0, 0.1) is 0 Å². The minimum Gasteiger partial charge on any atom is -0.390 e. The van der Waals surface area contributed by atoms with Crippen molar-refractivity contribution in [3.05, 3.63) is 46.5 Å². The van der Waals surface area contributed by atoms with Gasteiger partial charge in [-0.3, -0.25) is 0 Å². The van der Waals surface area contributed by atoms with Crippen LogP contribution in [0.5, 0.6) is 0 Å². The predicted molar refractivity (Wildman–Crippen MR) is 70.2 cm³/mol. The monoisotopic (exact) mass is 248 g/mol. The summed E-state index contributed by atoms with van der Waals surface area (Å²) in [5.41, 5.74) is 2.09. The van der Waals surface area contributed by atoms with E-state index >= 15 is 0 Å². The lowest BCUT2D eigenvalue weighted by Crippen LogP contribution is -1.94. The average Bonchev–Trinajstić information content (AvgIpc) is 2.38. The van der Waals surface area contributed by atoms with Gasteiger partial charge in [0.2, 0.25) is 0 Å². The van der Waals surface area contributed by atoms with Crippen LogP contribution >= 0.6 is 11.6 Å². The molecule has 1 radical (unpaired) electrons. The van der Waals surface area contributed by atoms with Gasteiger partial charge in [-0.25, -0.2) is 0 Å². The summed E-state index contributed by atoms with van der Waals surface area (Å²) >= 11 is 6.00. The summed E-state index contributed by atoms with van der Waals surface area (Å²) in [6, 6.07) is 7.60. The van der Waals surface area contributed by atoms with E-state index in [0.717, 1.165) is 24.0 Å². The van der Waals surface area contributed by atoms with Crippen LogP contribution in [0.1, 0.15) is 31.2 Å². The summed E-state index contributed by atoms with van der Waals surface area (Å²) in [6.45, 7) is 0.389. The predicted octanol–water partition coefficient (Wildman–Crippen LogP) is 4.22. The highest BCUT2D eigenvalue weighted by atomic mass is 35.5. The van der Waals surface area contributed by atoms with Crippen LogP contribution in [0.3, 0.4) is 0 Å². The molecule has 0 amide bonds. The van der Waals surface area contributed by atoms with Crippen molar-refractivity contribution in [2.45, 2.75) is 32.3 Å². The molecule has 1 aromatic carbocycles. The molecule has 0 N–H and O–H groups in total. The van der Waals surface area contributed by atoms with Crippen LogP contribution in [0.25, 0.3) is 0 Å². The second-order valence-corrected chi connectivity index (χ2v) is 4.45. The second-order valence-electron chi connectivity index (χ2n) is 4.04. The Morgan fingerprint density at radius 2 is 2.18 bits per heavy atom. The zero-order chi connectivity index (χ0) is 11.9. The lowest BCUT2D eigenvalue weighted by Gasteiger charge is -2.06. The van der Waals surface area contributed by atoms with Crippen LogP contribution in [0.4, 0.5) is 0 Å². The third-order valence-corrected chi connectivity index (χ3v) is 3.09. The van der Waals surface area contributed by atoms with E-state index in [1.165, 1.54) is 12.8 Å². The largest absolute Gasteiger partial charge is 0.390 e. The second kappa shape index (κ2) is 6.45. The Balaban J connectivity index is 1.81.